The molecule has 1 aliphatic rings. The zero-order valence-corrected chi connectivity index (χ0v) is 29.3. The Morgan fingerprint density at radius 2 is 1.50 bits per heavy atom. The van der Waals surface area contributed by atoms with Crippen LogP contribution in [0.4, 0.5) is 4.39 Å². The van der Waals surface area contributed by atoms with Crippen LogP contribution >= 0.6 is 0 Å². The minimum absolute atomic E-state index is 0.0103. The van der Waals surface area contributed by atoms with E-state index in [1.807, 2.05) is 66.7 Å². The number of phenols is 1. The molecular weight excluding hydrogens is 644 g/mol. The number of rotatable bonds is 12. The first-order valence-electron chi connectivity index (χ1n) is 16.1. The topological polar surface area (TPSA) is 104 Å². The maximum atomic E-state index is 14.2. The fourth-order valence-electron chi connectivity index (χ4n) is 6.81. The molecule has 0 saturated heterocycles. The summed E-state index contributed by atoms with van der Waals surface area (Å²) in [5.41, 5.74) is 2.96. The van der Waals surface area contributed by atoms with Crippen LogP contribution in [0.2, 0.25) is 5.04 Å². The summed E-state index contributed by atoms with van der Waals surface area (Å²) in [6.45, 7) is 5.77. The molecular formula is C39H43FO6SSi. The Morgan fingerprint density at radius 3 is 2.02 bits per heavy atom. The molecule has 3 N–H and O–H groups in total. The van der Waals surface area contributed by atoms with Gasteiger partial charge in [-0.15, -0.1) is 0 Å². The second kappa shape index (κ2) is 14.7. The van der Waals surface area contributed by atoms with E-state index in [0.717, 1.165) is 21.5 Å². The van der Waals surface area contributed by atoms with Gasteiger partial charge in [-0.2, -0.15) is 0 Å². The fourth-order valence-corrected chi connectivity index (χ4v) is 13.2. The quantitative estimate of drug-likeness (QED) is 0.0979. The molecule has 252 valence electrons. The van der Waals surface area contributed by atoms with Gasteiger partial charge in [-0.05, 0) is 68.2 Å². The summed E-state index contributed by atoms with van der Waals surface area (Å²) in [7, 11) is -6.81. The number of aliphatic hydroxyl groups is 2. The zero-order valence-electron chi connectivity index (χ0n) is 27.5. The highest BCUT2D eigenvalue weighted by molar-refractivity contribution is 7.92. The molecule has 0 spiro atoms. The molecule has 0 saturated carbocycles. The summed E-state index contributed by atoms with van der Waals surface area (Å²) in [6.07, 6.45) is 1.10. The van der Waals surface area contributed by atoms with Gasteiger partial charge in [0.05, 0.1) is 25.1 Å². The second-order valence-corrected chi connectivity index (χ2v) is 19.8. The van der Waals surface area contributed by atoms with Crippen LogP contribution in [-0.4, -0.2) is 62.4 Å². The standard InChI is InChI=1S/C39H43FO6SSi/c1-39(2,3)48(32-15-9-5-10-16-32,33-17-11-6-12-18-33)46-26-31-27-47(44,45)37(25-41)38(31)36(43)22-20-30(29-13-7-4-8-14-29)23-28-19-21-35(42)34(40)24-28/h4-19,21,23-24,36-37,41-43H,20,22,25-27H2,1-3H3/b30-23-/t36-,37+/m1/s1. The van der Waals surface area contributed by atoms with Gasteiger partial charge in [-0.25, -0.2) is 12.8 Å². The lowest BCUT2D eigenvalue weighted by Crippen LogP contribution is -2.66. The third-order valence-electron chi connectivity index (χ3n) is 9.11. The van der Waals surface area contributed by atoms with E-state index < -0.39 is 47.7 Å². The first-order valence-corrected chi connectivity index (χ1v) is 19.7. The Hall–Kier alpha value is -3.86. The number of phenolic OH excluding ortho intramolecular Hbond substituents is 1. The monoisotopic (exact) mass is 686 g/mol. The van der Waals surface area contributed by atoms with Crippen molar-refractivity contribution in [2.45, 2.75) is 50.0 Å². The molecule has 0 aliphatic carbocycles. The molecule has 2 atom stereocenters. The molecule has 0 fully saturated rings. The van der Waals surface area contributed by atoms with E-state index in [1.54, 1.807) is 12.1 Å². The number of hydrogen-bond donors (Lipinski definition) is 3. The summed E-state index contributed by atoms with van der Waals surface area (Å²) in [4.78, 5) is 0. The minimum atomic E-state index is -3.79. The number of benzene rings is 4. The van der Waals surface area contributed by atoms with Crippen molar-refractivity contribution in [1.29, 1.82) is 0 Å². The fraction of sp³-hybridized carbons (Fsp3) is 0.282. The van der Waals surface area contributed by atoms with Crippen LogP contribution in [0.5, 0.6) is 5.75 Å². The largest absolute Gasteiger partial charge is 0.505 e. The van der Waals surface area contributed by atoms with Crippen molar-refractivity contribution in [3.63, 3.8) is 0 Å². The maximum Gasteiger partial charge on any atom is 0.261 e. The van der Waals surface area contributed by atoms with Crippen LogP contribution < -0.4 is 10.4 Å². The molecule has 6 nitrogen and oxygen atoms in total. The van der Waals surface area contributed by atoms with E-state index in [2.05, 4.69) is 45.0 Å². The minimum Gasteiger partial charge on any atom is -0.505 e. The summed E-state index contributed by atoms with van der Waals surface area (Å²) in [5, 5.41) is 32.2. The number of sulfone groups is 1. The lowest BCUT2D eigenvalue weighted by molar-refractivity contribution is 0.188. The number of aliphatic hydroxyl groups excluding tert-OH is 2. The van der Waals surface area contributed by atoms with Crippen molar-refractivity contribution in [1.82, 2.24) is 0 Å². The summed E-state index contributed by atoms with van der Waals surface area (Å²) < 4.78 is 48.1. The summed E-state index contributed by atoms with van der Waals surface area (Å²) in [5.74, 6) is -1.49. The van der Waals surface area contributed by atoms with Crippen LogP contribution in [0.1, 0.15) is 44.7 Å². The average molecular weight is 687 g/mol. The van der Waals surface area contributed by atoms with E-state index in [-0.39, 0.29) is 23.8 Å². The van der Waals surface area contributed by atoms with Crippen molar-refractivity contribution >= 4 is 40.2 Å². The second-order valence-electron chi connectivity index (χ2n) is 13.3. The predicted molar refractivity (Wildman–Crippen MR) is 193 cm³/mol. The number of halogens is 1. The molecule has 5 rings (SSSR count). The first kappa shape index (κ1) is 35.4. The van der Waals surface area contributed by atoms with E-state index >= 15 is 0 Å². The smallest absolute Gasteiger partial charge is 0.261 e. The van der Waals surface area contributed by atoms with E-state index in [0.29, 0.717) is 23.1 Å². The molecule has 4 aromatic carbocycles. The van der Waals surface area contributed by atoms with Gasteiger partial charge in [-0.3, -0.25) is 0 Å². The van der Waals surface area contributed by atoms with Gasteiger partial charge in [0.2, 0.25) is 0 Å². The lowest BCUT2D eigenvalue weighted by atomic mass is 9.92. The Balaban J connectivity index is 1.51. The molecule has 0 amide bonds. The van der Waals surface area contributed by atoms with Crippen LogP contribution in [0.25, 0.3) is 11.6 Å². The normalized spacial score (nSPS) is 17.5. The highest BCUT2D eigenvalue weighted by Gasteiger charge is 2.51. The molecule has 0 radical (unpaired) electrons. The Labute approximate surface area is 283 Å². The van der Waals surface area contributed by atoms with Crippen molar-refractivity contribution in [3.8, 4) is 5.75 Å². The van der Waals surface area contributed by atoms with Gasteiger partial charge in [0.25, 0.3) is 8.32 Å². The van der Waals surface area contributed by atoms with Gasteiger partial charge < -0.3 is 19.7 Å². The van der Waals surface area contributed by atoms with Crippen LogP contribution in [-0.2, 0) is 14.3 Å². The number of hydrogen-bond acceptors (Lipinski definition) is 6. The molecule has 48 heavy (non-hydrogen) atoms. The molecule has 1 heterocycles. The van der Waals surface area contributed by atoms with Gasteiger partial charge in [-0.1, -0.05) is 124 Å². The third-order valence-corrected chi connectivity index (χ3v) is 16.1. The van der Waals surface area contributed by atoms with Gasteiger partial charge in [0, 0.05) is 0 Å². The molecule has 4 aromatic rings. The van der Waals surface area contributed by atoms with Crippen LogP contribution in [0.15, 0.2) is 120 Å². The molecule has 1 aliphatic heterocycles. The molecule has 9 heteroatoms. The Bertz CT molecular complexity index is 1830. The summed E-state index contributed by atoms with van der Waals surface area (Å²) in [6, 6.07) is 33.7. The highest BCUT2D eigenvalue weighted by atomic mass is 32.2. The van der Waals surface area contributed by atoms with Crippen LogP contribution in [0, 0.1) is 5.82 Å². The first-order chi connectivity index (χ1) is 22.9. The predicted octanol–water partition coefficient (Wildman–Crippen LogP) is 5.88. The SMILES string of the molecule is CC(C)(C)[Si](OCC1=C([C@H](O)CC/C(=C/c2ccc(O)c(F)c2)c2ccccc2)[C@H](CO)S(=O)(=O)C1)(c1ccccc1)c1ccccc1. The van der Waals surface area contributed by atoms with Gasteiger partial charge in [0.15, 0.2) is 21.4 Å². The lowest BCUT2D eigenvalue weighted by Gasteiger charge is -2.43. The van der Waals surface area contributed by atoms with Gasteiger partial charge in [0.1, 0.15) is 5.25 Å². The van der Waals surface area contributed by atoms with Crippen LogP contribution in [0.3, 0.4) is 0 Å². The van der Waals surface area contributed by atoms with E-state index in [4.69, 9.17) is 4.43 Å². The number of allylic oxidation sites excluding steroid dienone is 1. The molecule has 0 unspecified atom stereocenters. The van der Waals surface area contributed by atoms with Gasteiger partial charge >= 0.3 is 0 Å². The Kier molecular flexibility index (Phi) is 10.9. The van der Waals surface area contributed by atoms with Crippen molar-refractivity contribution in [2.24, 2.45) is 0 Å². The van der Waals surface area contributed by atoms with Crippen molar-refractivity contribution in [3.05, 3.63) is 137 Å². The van der Waals surface area contributed by atoms with E-state index in [9.17, 15) is 28.1 Å². The summed E-state index contributed by atoms with van der Waals surface area (Å²) >= 11 is 0. The third kappa shape index (κ3) is 7.40. The molecule has 0 bridgehead atoms. The Morgan fingerprint density at radius 1 is 0.938 bits per heavy atom. The van der Waals surface area contributed by atoms with E-state index in [1.165, 1.54) is 12.1 Å². The maximum absolute atomic E-state index is 14.2. The average Bonchev–Trinajstić information content (AvgIpc) is 3.34. The van der Waals surface area contributed by atoms with Crippen molar-refractivity contribution < 1.29 is 32.6 Å². The number of aromatic hydroxyl groups is 1. The van der Waals surface area contributed by atoms with Crippen molar-refractivity contribution in [2.75, 3.05) is 19.0 Å². The highest BCUT2D eigenvalue weighted by Crippen LogP contribution is 2.39. The zero-order chi connectivity index (χ0) is 34.5. The molecule has 0 aromatic heterocycles.